The fourth-order valence-electron chi connectivity index (χ4n) is 1.07. The van der Waals surface area contributed by atoms with Crippen LogP contribution >= 0.6 is 23.5 Å². The van der Waals surface area contributed by atoms with Gasteiger partial charge in [0.05, 0.1) is 0 Å². The monoisotopic (exact) mass is 276 g/mol. The first-order valence-corrected chi connectivity index (χ1v) is 8.01. The fraction of sp³-hybridized carbons (Fsp3) is 0.833. The van der Waals surface area contributed by atoms with Gasteiger partial charge in [0.15, 0.2) is 0 Å². The minimum atomic E-state index is -0.143. The first-order valence-electron chi connectivity index (χ1n) is 5.80. The third kappa shape index (κ3) is 10.7. The van der Waals surface area contributed by atoms with Crippen molar-refractivity contribution in [2.45, 2.75) is 52.6 Å². The van der Waals surface area contributed by atoms with E-state index in [9.17, 15) is 4.79 Å². The zero-order chi connectivity index (χ0) is 13.5. The Balaban J connectivity index is 3.94. The Morgan fingerprint density at radius 2 is 1.94 bits per heavy atom. The second-order valence-electron chi connectivity index (χ2n) is 5.09. The van der Waals surface area contributed by atoms with Crippen LogP contribution in [0.25, 0.3) is 0 Å². The van der Waals surface area contributed by atoms with Crippen LogP contribution in [0.1, 0.15) is 41.0 Å². The molecule has 0 fully saturated rings. The van der Waals surface area contributed by atoms with Crippen LogP contribution in [0.4, 0.5) is 0 Å². The molecule has 3 nitrogen and oxygen atoms in total. The van der Waals surface area contributed by atoms with Gasteiger partial charge in [-0.25, -0.2) is 0 Å². The van der Waals surface area contributed by atoms with Gasteiger partial charge in [0.2, 0.25) is 5.91 Å². The lowest BCUT2D eigenvalue weighted by molar-refractivity contribution is -0.122. The zero-order valence-electron chi connectivity index (χ0n) is 11.7. The van der Waals surface area contributed by atoms with Crippen molar-refractivity contribution in [2.24, 2.45) is 4.99 Å². The van der Waals surface area contributed by atoms with E-state index in [2.05, 4.69) is 24.2 Å². The molecule has 17 heavy (non-hydrogen) atoms. The van der Waals surface area contributed by atoms with E-state index >= 15 is 0 Å². The average Bonchev–Trinajstić information content (AvgIpc) is 2.12. The van der Waals surface area contributed by atoms with E-state index in [4.69, 9.17) is 0 Å². The summed E-state index contributed by atoms with van der Waals surface area (Å²) in [4.78, 5) is 16.1. The van der Waals surface area contributed by atoms with E-state index in [0.717, 1.165) is 10.1 Å². The highest BCUT2D eigenvalue weighted by Gasteiger charge is 2.13. The maximum absolute atomic E-state index is 11.6. The van der Waals surface area contributed by atoms with Crippen LogP contribution in [0.15, 0.2) is 4.99 Å². The van der Waals surface area contributed by atoms with Gasteiger partial charge in [-0.2, -0.15) is 0 Å². The molecule has 0 aliphatic heterocycles. The van der Waals surface area contributed by atoms with Crippen molar-refractivity contribution in [1.29, 1.82) is 0 Å². The number of carbonyl (C=O) groups excluding carboxylic acids is 1. The molecule has 1 N–H and O–H groups in total. The predicted octanol–water partition coefficient (Wildman–Crippen LogP) is 3.15. The van der Waals surface area contributed by atoms with Gasteiger partial charge in [0.1, 0.15) is 4.38 Å². The molecule has 0 aromatic heterocycles. The number of nitrogens with one attached hydrogen (secondary N) is 1. The molecule has 0 rings (SSSR count). The van der Waals surface area contributed by atoms with Gasteiger partial charge in [-0.15, -0.1) is 11.8 Å². The van der Waals surface area contributed by atoms with Gasteiger partial charge < -0.3 is 5.32 Å². The Hall–Kier alpha value is -0.160. The Bertz CT molecular complexity index is 270. The third-order valence-electron chi connectivity index (χ3n) is 1.61. The van der Waals surface area contributed by atoms with Crippen molar-refractivity contribution in [2.75, 3.05) is 12.0 Å². The van der Waals surface area contributed by atoms with Crippen LogP contribution < -0.4 is 5.32 Å². The second kappa shape index (κ2) is 8.03. The highest BCUT2D eigenvalue weighted by atomic mass is 32.2. The van der Waals surface area contributed by atoms with Crippen LogP contribution in [0.2, 0.25) is 0 Å². The van der Waals surface area contributed by atoms with Crippen molar-refractivity contribution in [3.63, 3.8) is 0 Å². The lowest BCUT2D eigenvalue weighted by Crippen LogP contribution is -2.40. The molecule has 0 bridgehead atoms. The zero-order valence-corrected chi connectivity index (χ0v) is 13.3. The van der Waals surface area contributed by atoms with E-state index < -0.39 is 0 Å². The van der Waals surface area contributed by atoms with Crippen molar-refractivity contribution < 1.29 is 4.79 Å². The van der Waals surface area contributed by atoms with Crippen LogP contribution in [-0.2, 0) is 4.79 Å². The summed E-state index contributed by atoms with van der Waals surface area (Å²) in [5.41, 5.74) is -0.143. The number of rotatable bonds is 4. The number of hydrogen-bond acceptors (Lipinski definition) is 4. The predicted molar refractivity (Wildman–Crippen MR) is 81.1 cm³/mol. The molecule has 100 valence electrons. The molecule has 0 radical (unpaired) electrons. The Morgan fingerprint density at radius 3 is 2.35 bits per heavy atom. The molecule has 0 aliphatic carbocycles. The van der Waals surface area contributed by atoms with Crippen molar-refractivity contribution in [3.05, 3.63) is 0 Å². The van der Waals surface area contributed by atoms with Crippen LogP contribution in [-0.4, -0.2) is 33.9 Å². The maximum Gasteiger partial charge on any atom is 0.221 e. The van der Waals surface area contributed by atoms with Gasteiger partial charge in [-0.1, -0.05) is 11.8 Å². The molecule has 0 aliphatic rings. The van der Waals surface area contributed by atoms with Crippen molar-refractivity contribution >= 4 is 33.8 Å². The molecule has 0 saturated carbocycles. The summed E-state index contributed by atoms with van der Waals surface area (Å²) in [5, 5.41) is 2.95. The minimum absolute atomic E-state index is 0.106. The lowest BCUT2D eigenvalue weighted by atomic mass is 10.1. The number of carbonyl (C=O) groups is 1. The summed E-state index contributed by atoms with van der Waals surface area (Å²) in [7, 11) is 0. The summed E-state index contributed by atoms with van der Waals surface area (Å²) in [6.07, 6.45) is 2.56. The second-order valence-corrected chi connectivity index (χ2v) is 7.23. The van der Waals surface area contributed by atoms with E-state index in [0.29, 0.717) is 12.5 Å². The van der Waals surface area contributed by atoms with E-state index in [1.807, 2.05) is 27.0 Å². The van der Waals surface area contributed by atoms with E-state index in [1.165, 1.54) is 0 Å². The molecule has 1 amide bonds. The van der Waals surface area contributed by atoms with Crippen molar-refractivity contribution in [1.82, 2.24) is 5.32 Å². The smallest absolute Gasteiger partial charge is 0.221 e. The number of thioether (sulfide) groups is 2. The van der Waals surface area contributed by atoms with Crippen LogP contribution in [0, 0.1) is 0 Å². The Morgan fingerprint density at radius 1 is 1.35 bits per heavy atom. The van der Waals surface area contributed by atoms with Gasteiger partial charge in [0.25, 0.3) is 0 Å². The van der Waals surface area contributed by atoms with Crippen molar-refractivity contribution in [3.8, 4) is 0 Å². The summed E-state index contributed by atoms with van der Waals surface area (Å²) >= 11 is 3.30. The van der Waals surface area contributed by atoms with Gasteiger partial charge in [0, 0.05) is 23.8 Å². The number of aliphatic imine (C=N–C) groups is 1. The largest absolute Gasteiger partial charge is 0.351 e. The SMILES string of the molecule is CSC(=NC(C)C)SCCC(=O)NC(C)(C)C. The first kappa shape index (κ1) is 16.8. The molecule has 5 heteroatoms. The average molecular weight is 276 g/mol. The molecule has 0 aromatic carbocycles. The quantitative estimate of drug-likeness (QED) is 0.633. The number of nitrogens with zero attached hydrogens (tertiary/aromatic N) is 1. The van der Waals surface area contributed by atoms with Gasteiger partial charge >= 0.3 is 0 Å². The summed E-state index contributed by atoms with van der Waals surface area (Å²) in [6.45, 7) is 10.1. The summed E-state index contributed by atoms with van der Waals surface area (Å²) < 4.78 is 1.06. The molecule has 0 aromatic rings. The molecule has 0 heterocycles. The highest BCUT2D eigenvalue weighted by Crippen LogP contribution is 2.16. The fourth-order valence-corrected chi connectivity index (χ4v) is 2.86. The standard InChI is InChI=1S/C12H24N2OS2/c1-9(2)13-11(16-6)17-8-7-10(15)14-12(3,4)5/h9H,7-8H2,1-6H3,(H,14,15). The highest BCUT2D eigenvalue weighted by molar-refractivity contribution is 8.38. The number of amides is 1. The topological polar surface area (TPSA) is 41.5 Å². The number of hydrogen-bond donors (Lipinski definition) is 1. The maximum atomic E-state index is 11.6. The molecular formula is C12H24N2OS2. The Kier molecular flexibility index (Phi) is 7.96. The summed E-state index contributed by atoms with van der Waals surface area (Å²) in [5.74, 6) is 0.893. The van der Waals surface area contributed by atoms with Gasteiger partial charge in [-0.3, -0.25) is 9.79 Å². The van der Waals surface area contributed by atoms with E-state index in [1.54, 1.807) is 23.5 Å². The first-order chi connectivity index (χ1) is 7.74. The van der Waals surface area contributed by atoms with Crippen LogP contribution in [0.3, 0.4) is 0 Å². The Labute approximate surface area is 114 Å². The molecule has 0 atom stereocenters. The third-order valence-corrected chi connectivity index (χ3v) is 3.68. The minimum Gasteiger partial charge on any atom is -0.351 e. The molecule has 0 saturated heterocycles. The summed E-state index contributed by atoms with van der Waals surface area (Å²) in [6, 6.07) is 0.313. The molecule has 0 spiro atoms. The van der Waals surface area contributed by atoms with E-state index in [-0.39, 0.29) is 11.4 Å². The molecule has 0 unspecified atom stereocenters. The lowest BCUT2D eigenvalue weighted by Gasteiger charge is -2.20. The molecular weight excluding hydrogens is 252 g/mol. The normalized spacial score (nSPS) is 13.0. The van der Waals surface area contributed by atoms with Gasteiger partial charge in [-0.05, 0) is 40.9 Å². The van der Waals surface area contributed by atoms with Crippen LogP contribution in [0.5, 0.6) is 0 Å².